The summed E-state index contributed by atoms with van der Waals surface area (Å²) < 4.78 is 13.4. The number of benzene rings is 1. The van der Waals surface area contributed by atoms with Crippen LogP contribution in [0.25, 0.3) is 0 Å². The van der Waals surface area contributed by atoms with E-state index in [-0.39, 0.29) is 22.6 Å². The van der Waals surface area contributed by atoms with Crippen molar-refractivity contribution in [3.63, 3.8) is 0 Å². The van der Waals surface area contributed by atoms with Crippen molar-refractivity contribution >= 4 is 11.6 Å². The number of Topliss-reactive ketones (excluding diaryl/α,β-unsaturated/α-hetero) is 1. The van der Waals surface area contributed by atoms with Gasteiger partial charge in [0.25, 0.3) is 5.56 Å². The zero-order valence-corrected chi connectivity index (χ0v) is 14.4. The fraction of sp³-hybridized carbons (Fsp3) is 0.316. The summed E-state index contributed by atoms with van der Waals surface area (Å²) in [5, 5.41) is 3.09. The molecule has 134 valence electrons. The van der Waals surface area contributed by atoms with E-state index in [0.29, 0.717) is 29.7 Å². The van der Waals surface area contributed by atoms with Crippen molar-refractivity contribution in [2.75, 3.05) is 5.32 Å². The molecule has 0 saturated carbocycles. The zero-order valence-electron chi connectivity index (χ0n) is 14.4. The molecule has 2 aromatic rings. The first-order chi connectivity index (χ1) is 12.2. The predicted octanol–water partition coefficient (Wildman–Crippen LogP) is 2.40. The van der Waals surface area contributed by atoms with E-state index in [9.17, 15) is 18.8 Å². The maximum atomic E-state index is 13.4. The van der Waals surface area contributed by atoms with E-state index in [4.69, 9.17) is 0 Å². The van der Waals surface area contributed by atoms with Crippen LogP contribution >= 0.6 is 0 Å². The van der Waals surface area contributed by atoms with Crippen molar-refractivity contribution in [3.8, 4) is 0 Å². The summed E-state index contributed by atoms with van der Waals surface area (Å²) in [4.78, 5) is 42.0. The number of rotatable bonds is 1. The number of carbonyl (C=O) groups excluding carboxylic acids is 1. The van der Waals surface area contributed by atoms with Crippen LogP contribution in [0, 0.1) is 11.2 Å². The number of carbonyl (C=O) groups is 1. The second kappa shape index (κ2) is 5.52. The van der Waals surface area contributed by atoms with Gasteiger partial charge >= 0.3 is 5.69 Å². The molecule has 7 heteroatoms. The van der Waals surface area contributed by atoms with E-state index < -0.39 is 23.0 Å². The molecule has 0 spiro atoms. The molecule has 1 aliphatic heterocycles. The Balaban J connectivity index is 2.00. The number of anilines is 1. The number of halogens is 1. The third-order valence-corrected chi connectivity index (χ3v) is 4.96. The highest BCUT2D eigenvalue weighted by Gasteiger charge is 2.42. The van der Waals surface area contributed by atoms with Gasteiger partial charge in [-0.2, -0.15) is 0 Å². The molecule has 4 rings (SSSR count). The Morgan fingerprint density at radius 3 is 2.42 bits per heavy atom. The fourth-order valence-corrected chi connectivity index (χ4v) is 3.94. The molecule has 6 nitrogen and oxygen atoms in total. The highest BCUT2D eigenvalue weighted by Crippen LogP contribution is 2.47. The molecule has 0 saturated heterocycles. The number of hydrogen-bond acceptors (Lipinski definition) is 4. The molecule has 3 N–H and O–H groups in total. The van der Waals surface area contributed by atoms with Gasteiger partial charge in [0, 0.05) is 23.6 Å². The zero-order chi connectivity index (χ0) is 18.6. The Kier molecular flexibility index (Phi) is 3.50. The topological polar surface area (TPSA) is 94.8 Å². The number of H-pyrrole nitrogens is 2. The molecule has 1 aromatic carbocycles. The molecule has 0 amide bonds. The van der Waals surface area contributed by atoms with E-state index in [1.165, 1.54) is 12.1 Å². The third kappa shape index (κ3) is 2.60. The van der Waals surface area contributed by atoms with E-state index in [1.54, 1.807) is 12.1 Å². The average Bonchev–Trinajstić information content (AvgIpc) is 2.52. The second-order valence-electron chi connectivity index (χ2n) is 7.64. The monoisotopic (exact) mass is 355 g/mol. The van der Waals surface area contributed by atoms with Gasteiger partial charge in [-0.25, -0.2) is 9.18 Å². The molecular weight excluding hydrogens is 337 g/mol. The van der Waals surface area contributed by atoms with Crippen LogP contribution in [0.2, 0.25) is 0 Å². The summed E-state index contributed by atoms with van der Waals surface area (Å²) in [5.41, 5.74) is 0.708. The summed E-state index contributed by atoms with van der Waals surface area (Å²) in [6.07, 6.45) is 0.974. The number of ketones is 1. The van der Waals surface area contributed by atoms with Crippen LogP contribution in [0.5, 0.6) is 0 Å². The Hall–Kier alpha value is -2.96. The van der Waals surface area contributed by atoms with E-state index >= 15 is 0 Å². The normalized spacial score (nSPS) is 21.0. The van der Waals surface area contributed by atoms with Gasteiger partial charge in [0.05, 0.1) is 5.56 Å². The number of hydrogen-bond donors (Lipinski definition) is 3. The summed E-state index contributed by atoms with van der Waals surface area (Å²) in [5.74, 6) is -0.804. The number of fused-ring (bicyclic) bond motifs is 1. The SMILES string of the molecule is CC1(C)CC(=O)C2=C(C1)Nc1[nH]c(=O)[nH]c(=O)c1[C@@H]2c1ccc(F)cc1. The van der Waals surface area contributed by atoms with Crippen LogP contribution in [-0.4, -0.2) is 15.8 Å². The second-order valence-corrected chi connectivity index (χ2v) is 7.64. The summed E-state index contributed by atoms with van der Waals surface area (Å²) in [6, 6.07) is 5.73. The number of aromatic nitrogens is 2. The first kappa shape index (κ1) is 16.5. The van der Waals surface area contributed by atoms with Crippen molar-refractivity contribution < 1.29 is 9.18 Å². The average molecular weight is 355 g/mol. The predicted molar refractivity (Wildman–Crippen MR) is 94.6 cm³/mol. The molecule has 0 radical (unpaired) electrons. The highest BCUT2D eigenvalue weighted by molar-refractivity contribution is 6.01. The minimum Gasteiger partial charge on any atom is -0.344 e. The molecule has 1 aliphatic carbocycles. The lowest BCUT2D eigenvalue weighted by Gasteiger charge is -2.38. The van der Waals surface area contributed by atoms with Crippen LogP contribution in [-0.2, 0) is 4.79 Å². The van der Waals surface area contributed by atoms with Gasteiger partial charge in [-0.15, -0.1) is 0 Å². The molecule has 1 aromatic heterocycles. The summed E-state index contributed by atoms with van der Waals surface area (Å²) in [7, 11) is 0. The van der Waals surface area contributed by atoms with E-state index in [0.717, 1.165) is 0 Å². The Bertz CT molecular complexity index is 1060. The van der Waals surface area contributed by atoms with E-state index in [2.05, 4.69) is 15.3 Å². The lowest BCUT2D eigenvalue weighted by molar-refractivity contribution is -0.118. The highest BCUT2D eigenvalue weighted by atomic mass is 19.1. The lowest BCUT2D eigenvalue weighted by Crippen LogP contribution is -2.38. The van der Waals surface area contributed by atoms with E-state index in [1.807, 2.05) is 13.8 Å². The van der Waals surface area contributed by atoms with Gasteiger partial charge in [-0.3, -0.25) is 19.6 Å². The number of aromatic amines is 2. The minimum atomic E-state index is -0.647. The Morgan fingerprint density at radius 1 is 1.04 bits per heavy atom. The van der Waals surface area contributed by atoms with Crippen molar-refractivity contribution in [2.24, 2.45) is 5.41 Å². The van der Waals surface area contributed by atoms with Gasteiger partial charge in [-0.1, -0.05) is 26.0 Å². The fourth-order valence-electron chi connectivity index (χ4n) is 3.94. The van der Waals surface area contributed by atoms with Gasteiger partial charge in [0.1, 0.15) is 11.6 Å². The van der Waals surface area contributed by atoms with Crippen molar-refractivity contribution in [1.82, 2.24) is 9.97 Å². The molecule has 1 atom stereocenters. The smallest absolute Gasteiger partial charge is 0.327 e. The van der Waals surface area contributed by atoms with Crippen LogP contribution in [0.15, 0.2) is 45.1 Å². The molecule has 0 bridgehead atoms. The van der Waals surface area contributed by atoms with Crippen molar-refractivity contribution in [2.45, 2.75) is 32.6 Å². The van der Waals surface area contributed by atoms with Crippen LogP contribution in [0.4, 0.5) is 10.2 Å². The number of nitrogens with one attached hydrogen (secondary N) is 3. The third-order valence-electron chi connectivity index (χ3n) is 4.96. The van der Waals surface area contributed by atoms with Gasteiger partial charge in [0.2, 0.25) is 0 Å². The van der Waals surface area contributed by atoms with Gasteiger partial charge in [-0.05, 0) is 29.5 Å². The molecule has 2 heterocycles. The Labute approximate surface area is 148 Å². The molecule has 26 heavy (non-hydrogen) atoms. The largest absolute Gasteiger partial charge is 0.344 e. The van der Waals surface area contributed by atoms with Crippen LogP contribution < -0.4 is 16.6 Å². The lowest BCUT2D eigenvalue weighted by atomic mass is 9.69. The maximum absolute atomic E-state index is 13.4. The van der Waals surface area contributed by atoms with Crippen LogP contribution in [0.1, 0.15) is 43.7 Å². The van der Waals surface area contributed by atoms with Gasteiger partial charge < -0.3 is 5.32 Å². The van der Waals surface area contributed by atoms with Crippen molar-refractivity contribution in [3.05, 3.63) is 73.3 Å². The van der Waals surface area contributed by atoms with Crippen molar-refractivity contribution in [1.29, 1.82) is 0 Å². The quantitative estimate of drug-likeness (QED) is 0.732. The molecule has 2 aliphatic rings. The molecular formula is C19H18FN3O3. The summed E-state index contributed by atoms with van der Waals surface area (Å²) >= 11 is 0. The maximum Gasteiger partial charge on any atom is 0.327 e. The molecule has 0 unspecified atom stereocenters. The summed E-state index contributed by atoms with van der Waals surface area (Å²) in [6.45, 7) is 4.00. The molecule has 0 fully saturated rings. The standard InChI is InChI=1S/C19H18FN3O3/c1-19(2)7-11-14(12(24)8-19)13(9-3-5-10(20)6-4-9)15-16(21-11)22-18(26)23-17(15)25/h3-6,13H,7-8H2,1-2H3,(H3,21,22,23,25,26)/t13-/m1/s1. The first-order valence-corrected chi connectivity index (χ1v) is 8.40. The minimum absolute atomic E-state index is 0.0469. The van der Waals surface area contributed by atoms with Gasteiger partial charge in [0.15, 0.2) is 5.78 Å². The Morgan fingerprint density at radius 2 is 1.73 bits per heavy atom. The number of allylic oxidation sites excluding steroid dienone is 2. The first-order valence-electron chi connectivity index (χ1n) is 8.40. The van der Waals surface area contributed by atoms with Crippen LogP contribution in [0.3, 0.4) is 0 Å².